The summed E-state index contributed by atoms with van der Waals surface area (Å²) in [7, 11) is 0. The van der Waals surface area contributed by atoms with Crippen LogP contribution >= 0.6 is 34.8 Å². The van der Waals surface area contributed by atoms with Crippen LogP contribution in [0.1, 0.15) is 50.4 Å². The Morgan fingerprint density at radius 3 is 0.901 bits per heavy atom. The number of alkyl halides is 1. The van der Waals surface area contributed by atoms with E-state index < -0.39 is 4.87 Å². The van der Waals surface area contributed by atoms with Crippen LogP contribution in [-0.4, -0.2) is 146 Å². The third-order valence-electron chi connectivity index (χ3n) is 12.5. The number of rotatable bonds is 26. The smallest absolute Gasteiger partial charge is 0.119 e. The van der Waals surface area contributed by atoms with Crippen molar-refractivity contribution in [2.45, 2.75) is 24.6 Å². The van der Waals surface area contributed by atoms with Crippen molar-refractivity contribution in [3.05, 3.63) is 188 Å². The number of aliphatic hydroxyl groups excluding tert-OH is 8. The van der Waals surface area contributed by atoms with E-state index in [0.29, 0.717) is 62.4 Å². The van der Waals surface area contributed by atoms with Gasteiger partial charge in [-0.25, -0.2) is 0 Å². The highest BCUT2D eigenvalue weighted by Gasteiger charge is 2.34. The van der Waals surface area contributed by atoms with Crippen LogP contribution in [0.3, 0.4) is 0 Å². The monoisotopic (exact) mass is 1030 g/mol. The molecule has 8 N–H and O–H groups in total. The summed E-state index contributed by atoms with van der Waals surface area (Å²) in [6.07, 6.45) is 0. The van der Waals surface area contributed by atoms with Crippen LogP contribution in [0.2, 0.25) is 10.0 Å². The fourth-order valence-corrected chi connectivity index (χ4v) is 9.60. The Morgan fingerprint density at radius 1 is 0.366 bits per heavy atom. The first kappa shape index (κ1) is 57.0. The van der Waals surface area contributed by atoms with Crippen LogP contribution in [0.4, 0.5) is 22.7 Å². The number of benzene rings is 6. The minimum absolute atomic E-state index is 0.0120. The van der Waals surface area contributed by atoms with E-state index in [1.165, 1.54) is 0 Å². The van der Waals surface area contributed by atoms with Gasteiger partial charge in [-0.05, 0) is 131 Å². The maximum Gasteiger partial charge on any atom is 0.119 e. The Morgan fingerprint density at radius 2 is 0.620 bits per heavy atom. The summed E-state index contributed by atoms with van der Waals surface area (Å²) >= 11 is 19.8. The number of nitrogens with zero attached hydrogens (tertiary/aromatic N) is 4. The molecule has 15 heteroatoms. The average Bonchev–Trinajstić information content (AvgIpc) is 3.38. The molecule has 0 unspecified atom stereocenters. The Balaban J connectivity index is 0.000000264. The first-order valence-corrected chi connectivity index (χ1v) is 25.0. The third kappa shape index (κ3) is 15.1. The standard InChI is InChI=1S/C29H37ClN2O4.C27H32Cl2N2O4/c1-21-19-25(31(11-15-33)12-16-34)7-9-27(21)29(23-3-5-24(30)6-4-23)28-10-8-26(20-22(28)2)32(13-17-35)14-18-36;28-24-7-1-21(2-8-24)27(29,22-3-9-25(10-4-22)30(13-17-32)14-18-33)23-5-11-26(12-6-23)31(15-19-34)16-20-35/h3-10,19-20,29,33-36H,11-18H2,1-2H3;1-12,32-35H,13-20H2. The minimum Gasteiger partial charge on any atom is -0.395 e. The summed E-state index contributed by atoms with van der Waals surface area (Å²) in [5, 5.41) is 76.6. The molecule has 0 aromatic heterocycles. The highest BCUT2D eigenvalue weighted by atomic mass is 35.5. The van der Waals surface area contributed by atoms with E-state index in [4.69, 9.17) is 34.8 Å². The van der Waals surface area contributed by atoms with Gasteiger partial charge in [0.1, 0.15) is 4.87 Å². The number of aryl methyl sites for hydroxylation is 2. The molecule has 12 nitrogen and oxygen atoms in total. The van der Waals surface area contributed by atoms with E-state index in [0.717, 1.165) is 67.3 Å². The van der Waals surface area contributed by atoms with Gasteiger partial charge in [0.25, 0.3) is 0 Å². The molecule has 0 saturated carbocycles. The Hall–Kier alpha value is -4.93. The second kappa shape index (κ2) is 28.9. The van der Waals surface area contributed by atoms with Crippen LogP contribution in [0.15, 0.2) is 133 Å². The van der Waals surface area contributed by atoms with Gasteiger partial charge in [-0.1, -0.05) is 83.9 Å². The van der Waals surface area contributed by atoms with Crippen molar-refractivity contribution in [1.29, 1.82) is 0 Å². The van der Waals surface area contributed by atoms with Crippen LogP contribution < -0.4 is 19.6 Å². The molecule has 0 saturated heterocycles. The van der Waals surface area contributed by atoms with Crippen molar-refractivity contribution in [2.24, 2.45) is 0 Å². The van der Waals surface area contributed by atoms with Gasteiger partial charge >= 0.3 is 0 Å². The molecule has 6 aromatic rings. The molecule has 0 radical (unpaired) electrons. The second-order valence-corrected chi connectivity index (χ2v) is 18.5. The lowest BCUT2D eigenvalue weighted by Gasteiger charge is -2.31. The molecule has 0 aliphatic heterocycles. The van der Waals surface area contributed by atoms with E-state index >= 15 is 0 Å². The lowest BCUT2D eigenvalue weighted by atomic mass is 9.81. The summed E-state index contributed by atoms with van der Waals surface area (Å²) in [5.41, 5.74) is 11.9. The molecule has 71 heavy (non-hydrogen) atoms. The zero-order valence-corrected chi connectivity index (χ0v) is 42.9. The predicted molar refractivity (Wildman–Crippen MR) is 290 cm³/mol. The second-order valence-electron chi connectivity index (χ2n) is 17.1. The van der Waals surface area contributed by atoms with Crippen molar-refractivity contribution >= 4 is 57.6 Å². The van der Waals surface area contributed by atoms with Gasteiger partial charge in [-0.15, -0.1) is 11.6 Å². The van der Waals surface area contributed by atoms with E-state index in [1.807, 2.05) is 117 Å². The summed E-state index contributed by atoms with van der Waals surface area (Å²) < 4.78 is 0. The van der Waals surface area contributed by atoms with Gasteiger partial charge in [0.05, 0.1) is 52.9 Å². The van der Waals surface area contributed by atoms with E-state index in [1.54, 1.807) is 0 Å². The normalized spacial score (nSPS) is 11.4. The van der Waals surface area contributed by atoms with Gasteiger partial charge in [-0.3, -0.25) is 0 Å². The van der Waals surface area contributed by atoms with Crippen LogP contribution in [-0.2, 0) is 4.87 Å². The molecule has 0 fully saturated rings. The fourth-order valence-electron chi connectivity index (χ4n) is 8.97. The van der Waals surface area contributed by atoms with Crippen LogP contribution in [0.5, 0.6) is 0 Å². The van der Waals surface area contributed by atoms with Crippen molar-refractivity contribution in [3.8, 4) is 0 Å². The molecule has 0 spiro atoms. The Bertz CT molecular complexity index is 2340. The highest BCUT2D eigenvalue weighted by molar-refractivity contribution is 6.31. The van der Waals surface area contributed by atoms with Crippen molar-refractivity contribution in [1.82, 2.24) is 0 Å². The van der Waals surface area contributed by atoms with Gasteiger partial charge in [0.2, 0.25) is 0 Å². The molecule has 0 amide bonds. The largest absolute Gasteiger partial charge is 0.395 e. The molecule has 6 rings (SSSR count). The summed E-state index contributed by atoms with van der Waals surface area (Å²) in [6, 6.07) is 43.5. The number of hydrogen-bond acceptors (Lipinski definition) is 12. The van der Waals surface area contributed by atoms with Crippen LogP contribution in [0, 0.1) is 13.8 Å². The number of halogens is 3. The van der Waals surface area contributed by atoms with E-state index in [9.17, 15) is 40.9 Å². The first-order chi connectivity index (χ1) is 34.4. The van der Waals surface area contributed by atoms with Gasteiger partial charge < -0.3 is 60.5 Å². The number of anilines is 4. The van der Waals surface area contributed by atoms with E-state index in [2.05, 4.69) is 50.2 Å². The first-order valence-electron chi connectivity index (χ1n) is 23.9. The molecule has 0 bridgehead atoms. The summed E-state index contributed by atoms with van der Waals surface area (Å²) in [5.74, 6) is -0.0290. The molecular weight excluding hydrogens is 963 g/mol. The topological polar surface area (TPSA) is 175 Å². The predicted octanol–water partition coefficient (Wildman–Crippen LogP) is 7.17. The van der Waals surface area contributed by atoms with Gasteiger partial charge in [-0.2, -0.15) is 0 Å². The molecular formula is C56H69Cl3N4O8. The average molecular weight is 1030 g/mol. The quantitative estimate of drug-likeness (QED) is 0.0204. The van der Waals surface area contributed by atoms with Crippen molar-refractivity contribution < 1.29 is 40.9 Å². The maximum absolute atomic E-state index is 9.45. The molecule has 382 valence electrons. The van der Waals surface area contributed by atoms with Crippen molar-refractivity contribution in [3.63, 3.8) is 0 Å². The number of aliphatic hydroxyl groups is 8. The molecule has 0 heterocycles. The molecule has 0 aliphatic rings. The van der Waals surface area contributed by atoms with E-state index in [-0.39, 0.29) is 58.8 Å². The molecule has 0 atom stereocenters. The zero-order chi connectivity index (χ0) is 51.3. The summed E-state index contributed by atoms with van der Waals surface area (Å²) in [6.45, 7) is 7.70. The third-order valence-corrected chi connectivity index (χ3v) is 13.7. The maximum atomic E-state index is 9.45. The lowest BCUT2D eigenvalue weighted by molar-refractivity contribution is 0.280. The van der Waals surface area contributed by atoms with Crippen LogP contribution in [0.25, 0.3) is 0 Å². The van der Waals surface area contributed by atoms with Crippen molar-refractivity contribution in [2.75, 3.05) is 125 Å². The van der Waals surface area contributed by atoms with Gasteiger partial charge in [0.15, 0.2) is 0 Å². The summed E-state index contributed by atoms with van der Waals surface area (Å²) in [4.78, 5) is 6.77. The SMILES string of the molecule is Cc1cc(N(CCO)CCO)ccc1C(c1ccc(Cl)cc1)c1ccc(N(CCO)CCO)cc1C.OCCN(CCO)c1ccc(C(Cl)(c2ccc(Cl)cc2)c2ccc(N(CCO)CCO)cc2)cc1. The Kier molecular flexibility index (Phi) is 23.2. The lowest BCUT2D eigenvalue weighted by Crippen LogP contribution is -2.30. The molecule has 6 aromatic carbocycles. The fraction of sp³-hybridized carbons (Fsp3) is 0.357. The number of hydrogen-bond donors (Lipinski definition) is 8. The Labute approximate surface area is 433 Å². The van der Waals surface area contributed by atoms with Gasteiger partial charge in [0, 0.05) is 91.1 Å². The highest BCUT2D eigenvalue weighted by Crippen LogP contribution is 2.45. The minimum atomic E-state index is -1.00. The molecule has 0 aliphatic carbocycles. The zero-order valence-electron chi connectivity index (χ0n) is 40.6.